The van der Waals surface area contributed by atoms with E-state index in [9.17, 15) is 4.79 Å². The van der Waals surface area contributed by atoms with Gasteiger partial charge in [-0.3, -0.25) is 9.79 Å². The molecule has 0 aromatic heterocycles. The molecule has 6 nitrogen and oxygen atoms in total. The minimum absolute atomic E-state index is 0.0606. The van der Waals surface area contributed by atoms with E-state index in [2.05, 4.69) is 40.0 Å². The maximum absolute atomic E-state index is 12.0. The monoisotopic (exact) mass is 426 g/mol. The fourth-order valence-corrected chi connectivity index (χ4v) is 4.47. The Balaban J connectivity index is 1.46. The summed E-state index contributed by atoms with van der Waals surface area (Å²) in [6, 6.07) is 16.1. The van der Waals surface area contributed by atoms with E-state index in [0.29, 0.717) is 18.9 Å². The minimum atomic E-state index is 0.0606. The van der Waals surface area contributed by atoms with Crippen LogP contribution in [0.4, 0.5) is 5.69 Å². The summed E-state index contributed by atoms with van der Waals surface area (Å²) in [6.07, 6.45) is 0.479. The number of anilines is 1. The fourth-order valence-electron chi connectivity index (χ4n) is 3.42. The van der Waals surface area contributed by atoms with E-state index in [1.54, 1.807) is 25.9 Å². The zero-order valence-electron chi connectivity index (χ0n) is 17.8. The van der Waals surface area contributed by atoms with Crippen LogP contribution in [-0.4, -0.2) is 44.9 Å². The first-order chi connectivity index (χ1) is 14.6. The smallest absolute Gasteiger partial charge is 0.225 e. The molecule has 0 saturated carbocycles. The quantitative estimate of drug-likeness (QED) is 0.341. The standard InChI is InChI=1S/C23H30N4O2S/c1-16(15-30-21-11-7-6-10-20(21)29-3)13-25-23(24-2)26-14-17-12-22(28)27-19-9-5-4-8-18(17)19/h4-11,16-17H,12-15H2,1-3H3,(H,27,28)(H2,24,25,26). The van der Waals surface area contributed by atoms with Gasteiger partial charge < -0.3 is 20.7 Å². The Hall–Kier alpha value is -2.67. The highest BCUT2D eigenvalue weighted by molar-refractivity contribution is 7.99. The summed E-state index contributed by atoms with van der Waals surface area (Å²) >= 11 is 1.80. The second-order valence-electron chi connectivity index (χ2n) is 7.44. The number of aliphatic imine (C=N–C) groups is 1. The van der Waals surface area contributed by atoms with Crippen LogP contribution in [0.25, 0.3) is 0 Å². The summed E-state index contributed by atoms with van der Waals surface area (Å²) in [7, 11) is 3.47. The molecule has 2 aromatic carbocycles. The van der Waals surface area contributed by atoms with Gasteiger partial charge in [0.2, 0.25) is 5.91 Å². The lowest BCUT2D eigenvalue weighted by Crippen LogP contribution is -2.42. The van der Waals surface area contributed by atoms with E-state index in [-0.39, 0.29) is 11.8 Å². The number of hydrogen-bond donors (Lipinski definition) is 3. The topological polar surface area (TPSA) is 74.8 Å². The van der Waals surface area contributed by atoms with Crippen molar-refractivity contribution in [3.8, 4) is 5.75 Å². The molecular weight excluding hydrogens is 396 g/mol. The predicted molar refractivity (Wildman–Crippen MR) is 125 cm³/mol. The minimum Gasteiger partial charge on any atom is -0.496 e. The first kappa shape index (κ1) is 22.0. The average Bonchev–Trinajstić information content (AvgIpc) is 2.77. The van der Waals surface area contributed by atoms with Crippen LogP contribution in [0.2, 0.25) is 0 Å². The van der Waals surface area contributed by atoms with Crippen molar-refractivity contribution in [1.82, 2.24) is 10.6 Å². The molecular formula is C23H30N4O2S. The van der Waals surface area contributed by atoms with Crippen LogP contribution in [0.1, 0.15) is 24.8 Å². The normalized spacial score (nSPS) is 17.0. The van der Waals surface area contributed by atoms with Crippen LogP contribution in [-0.2, 0) is 4.79 Å². The molecule has 0 radical (unpaired) electrons. The van der Waals surface area contributed by atoms with E-state index in [1.165, 1.54) is 5.56 Å². The second-order valence-corrected chi connectivity index (χ2v) is 8.50. The molecule has 0 aliphatic carbocycles. The van der Waals surface area contributed by atoms with Gasteiger partial charge in [0, 0.05) is 48.8 Å². The average molecular weight is 427 g/mol. The van der Waals surface area contributed by atoms with Crippen molar-refractivity contribution in [2.45, 2.75) is 24.2 Å². The van der Waals surface area contributed by atoms with Gasteiger partial charge in [-0.1, -0.05) is 37.3 Å². The summed E-state index contributed by atoms with van der Waals surface area (Å²) in [6.45, 7) is 3.68. The number of rotatable bonds is 8. The number of thioether (sulfide) groups is 1. The Morgan fingerprint density at radius 1 is 1.23 bits per heavy atom. The van der Waals surface area contributed by atoms with Crippen molar-refractivity contribution < 1.29 is 9.53 Å². The lowest BCUT2D eigenvalue weighted by atomic mass is 9.90. The van der Waals surface area contributed by atoms with Crippen LogP contribution in [0.15, 0.2) is 58.4 Å². The maximum atomic E-state index is 12.0. The van der Waals surface area contributed by atoms with E-state index in [0.717, 1.165) is 34.6 Å². The lowest BCUT2D eigenvalue weighted by Gasteiger charge is -2.26. The molecule has 1 heterocycles. The summed E-state index contributed by atoms with van der Waals surface area (Å²) < 4.78 is 5.42. The van der Waals surface area contributed by atoms with Gasteiger partial charge in [0.25, 0.3) is 0 Å². The van der Waals surface area contributed by atoms with Crippen molar-refractivity contribution >= 4 is 29.3 Å². The van der Waals surface area contributed by atoms with Crippen molar-refractivity contribution in [3.05, 3.63) is 54.1 Å². The molecule has 0 fully saturated rings. The number of guanidine groups is 1. The van der Waals surface area contributed by atoms with Crippen molar-refractivity contribution in [1.29, 1.82) is 0 Å². The van der Waals surface area contributed by atoms with Crippen LogP contribution >= 0.6 is 11.8 Å². The molecule has 3 rings (SSSR count). The van der Waals surface area contributed by atoms with Crippen LogP contribution in [0, 0.1) is 5.92 Å². The first-order valence-electron chi connectivity index (χ1n) is 10.2. The number of para-hydroxylation sites is 2. The Labute approximate surface area is 182 Å². The van der Waals surface area contributed by atoms with Gasteiger partial charge in [-0.25, -0.2) is 0 Å². The van der Waals surface area contributed by atoms with E-state index in [1.807, 2.05) is 36.4 Å². The van der Waals surface area contributed by atoms with Crippen molar-refractivity contribution in [3.63, 3.8) is 0 Å². The number of benzene rings is 2. The molecule has 0 spiro atoms. The Kier molecular flexibility index (Phi) is 8.02. The molecule has 2 atom stereocenters. The third kappa shape index (κ3) is 5.92. The molecule has 0 bridgehead atoms. The number of hydrogen-bond acceptors (Lipinski definition) is 4. The van der Waals surface area contributed by atoms with Crippen LogP contribution in [0.5, 0.6) is 5.75 Å². The van der Waals surface area contributed by atoms with Gasteiger partial charge in [0.05, 0.1) is 7.11 Å². The predicted octanol–water partition coefficient (Wildman–Crippen LogP) is 3.71. The van der Waals surface area contributed by atoms with E-state index >= 15 is 0 Å². The SMILES string of the molecule is CN=C(NCC(C)CSc1ccccc1OC)NCC1CC(=O)Nc2ccccc21. The molecule has 1 amide bonds. The third-order valence-corrected chi connectivity index (χ3v) is 6.44. The summed E-state index contributed by atoms with van der Waals surface area (Å²) in [4.78, 5) is 17.5. The molecule has 1 aliphatic heterocycles. The number of ether oxygens (including phenoxy) is 1. The highest BCUT2D eigenvalue weighted by Crippen LogP contribution is 2.31. The molecule has 30 heavy (non-hydrogen) atoms. The fraction of sp³-hybridized carbons (Fsp3) is 0.391. The molecule has 0 saturated heterocycles. The second kappa shape index (κ2) is 10.9. The lowest BCUT2D eigenvalue weighted by molar-refractivity contribution is -0.116. The summed E-state index contributed by atoms with van der Waals surface area (Å²) in [5, 5.41) is 9.73. The number of nitrogens with one attached hydrogen (secondary N) is 3. The van der Waals surface area contributed by atoms with Crippen molar-refractivity contribution in [2.24, 2.45) is 10.9 Å². The molecule has 7 heteroatoms. The molecule has 3 N–H and O–H groups in total. The van der Waals surface area contributed by atoms with Gasteiger partial charge in [0.15, 0.2) is 5.96 Å². The Morgan fingerprint density at radius 3 is 2.80 bits per heavy atom. The molecule has 160 valence electrons. The van der Waals surface area contributed by atoms with Gasteiger partial charge in [-0.15, -0.1) is 11.8 Å². The Morgan fingerprint density at radius 2 is 2.00 bits per heavy atom. The van der Waals surface area contributed by atoms with Crippen molar-refractivity contribution in [2.75, 3.05) is 38.3 Å². The Bertz CT molecular complexity index is 887. The number of fused-ring (bicyclic) bond motifs is 1. The van der Waals surface area contributed by atoms with E-state index < -0.39 is 0 Å². The highest BCUT2D eigenvalue weighted by atomic mass is 32.2. The first-order valence-corrected chi connectivity index (χ1v) is 11.2. The zero-order chi connectivity index (χ0) is 21.3. The van der Waals surface area contributed by atoms with Gasteiger partial charge in [0.1, 0.15) is 5.75 Å². The number of carbonyl (C=O) groups excluding carboxylic acids is 1. The molecule has 1 aliphatic rings. The van der Waals surface area contributed by atoms with Crippen LogP contribution in [0.3, 0.4) is 0 Å². The number of nitrogens with zero attached hydrogens (tertiary/aromatic N) is 1. The maximum Gasteiger partial charge on any atom is 0.225 e. The van der Waals surface area contributed by atoms with Gasteiger partial charge >= 0.3 is 0 Å². The molecule has 2 unspecified atom stereocenters. The van der Waals surface area contributed by atoms with E-state index in [4.69, 9.17) is 4.74 Å². The highest BCUT2D eigenvalue weighted by Gasteiger charge is 2.24. The summed E-state index contributed by atoms with van der Waals surface area (Å²) in [5.41, 5.74) is 2.08. The third-order valence-electron chi connectivity index (χ3n) is 5.06. The number of carbonyl (C=O) groups is 1. The van der Waals surface area contributed by atoms with Gasteiger partial charge in [-0.05, 0) is 29.7 Å². The largest absolute Gasteiger partial charge is 0.496 e. The number of amides is 1. The zero-order valence-corrected chi connectivity index (χ0v) is 18.6. The van der Waals surface area contributed by atoms with Gasteiger partial charge in [-0.2, -0.15) is 0 Å². The van der Waals surface area contributed by atoms with Crippen LogP contribution < -0.4 is 20.7 Å². The number of methoxy groups -OCH3 is 1. The molecule has 2 aromatic rings. The summed E-state index contributed by atoms with van der Waals surface area (Å²) in [5.74, 6) is 3.28.